The molecule has 0 unspecified atom stereocenters. The van der Waals surface area contributed by atoms with Crippen molar-refractivity contribution in [1.29, 1.82) is 0 Å². The van der Waals surface area contributed by atoms with Crippen LogP contribution >= 0.6 is 11.6 Å². The topological polar surface area (TPSA) is 75.4 Å². The first-order valence-electron chi connectivity index (χ1n) is 7.15. The molecule has 5 nitrogen and oxygen atoms in total. The Balaban J connectivity index is 1.95. The molecular formula is C14H22ClN3O2S. The number of nitrogen functional groups attached to an aromatic ring is 1. The molecule has 0 aliphatic heterocycles. The van der Waals surface area contributed by atoms with Gasteiger partial charge >= 0.3 is 0 Å². The van der Waals surface area contributed by atoms with Crippen LogP contribution in [0.15, 0.2) is 23.1 Å². The molecule has 0 spiro atoms. The Morgan fingerprint density at radius 1 is 1.38 bits per heavy atom. The number of benzene rings is 1. The molecule has 0 heterocycles. The van der Waals surface area contributed by atoms with E-state index >= 15 is 0 Å². The zero-order valence-electron chi connectivity index (χ0n) is 12.2. The fourth-order valence-electron chi connectivity index (χ4n) is 2.77. The van der Waals surface area contributed by atoms with Crippen molar-refractivity contribution < 1.29 is 8.42 Å². The number of hydrogen-bond donors (Lipinski definition) is 2. The van der Waals surface area contributed by atoms with Crippen LogP contribution in [0.2, 0.25) is 5.02 Å². The molecule has 0 bridgehead atoms. The average molecular weight is 332 g/mol. The van der Waals surface area contributed by atoms with Crippen LogP contribution in [0.5, 0.6) is 0 Å². The molecule has 0 radical (unpaired) electrons. The number of nitrogens with zero attached hydrogens (tertiary/aromatic N) is 1. The van der Waals surface area contributed by atoms with Crippen LogP contribution in [-0.2, 0) is 10.0 Å². The second kappa shape index (κ2) is 6.96. The SMILES string of the molecule is CN(CCNS(=O)(=O)c1c(N)cccc1Cl)C1CCCC1. The maximum atomic E-state index is 12.3. The number of nitrogens with one attached hydrogen (secondary N) is 1. The van der Waals surface area contributed by atoms with Crippen molar-refractivity contribution in [1.82, 2.24) is 9.62 Å². The highest BCUT2D eigenvalue weighted by molar-refractivity contribution is 7.89. The predicted octanol–water partition coefficient (Wildman–Crippen LogP) is 2.07. The van der Waals surface area contributed by atoms with E-state index in [1.54, 1.807) is 6.07 Å². The van der Waals surface area contributed by atoms with Crippen LogP contribution in [0.1, 0.15) is 25.7 Å². The molecule has 7 heteroatoms. The van der Waals surface area contributed by atoms with E-state index < -0.39 is 10.0 Å². The van der Waals surface area contributed by atoms with E-state index in [1.807, 2.05) is 7.05 Å². The Hall–Kier alpha value is -0.820. The summed E-state index contributed by atoms with van der Waals surface area (Å²) in [6.07, 6.45) is 4.91. The van der Waals surface area contributed by atoms with Gasteiger partial charge in [-0.25, -0.2) is 13.1 Å². The van der Waals surface area contributed by atoms with Crippen molar-refractivity contribution in [3.05, 3.63) is 23.2 Å². The zero-order valence-corrected chi connectivity index (χ0v) is 13.8. The summed E-state index contributed by atoms with van der Waals surface area (Å²) in [6.45, 7) is 1.02. The summed E-state index contributed by atoms with van der Waals surface area (Å²) in [6, 6.07) is 5.26. The monoisotopic (exact) mass is 331 g/mol. The third-order valence-electron chi connectivity index (χ3n) is 3.97. The number of nitrogens with two attached hydrogens (primary N) is 1. The molecule has 1 aromatic rings. The summed E-state index contributed by atoms with van der Waals surface area (Å²) in [5.74, 6) is 0. The molecule has 1 aliphatic carbocycles. The van der Waals surface area contributed by atoms with Gasteiger partial charge < -0.3 is 10.6 Å². The zero-order chi connectivity index (χ0) is 15.5. The van der Waals surface area contributed by atoms with Gasteiger partial charge in [-0.2, -0.15) is 0 Å². The van der Waals surface area contributed by atoms with Gasteiger partial charge in [-0.3, -0.25) is 0 Å². The smallest absolute Gasteiger partial charge is 0.244 e. The normalized spacial score (nSPS) is 16.7. The van der Waals surface area contributed by atoms with Crippen LogP contribution in [-0.4, -0.2) is 39.5 Å². The highest BCUT2D eigenvalue weighted by Gasteiger charge is 2.22. The molecule has 1 saturated carbocycles. The van der Waals surface area contributed by atoms with E-state index in [2.05, 4.69) is 9.62 Å². The minimum atomic E-state index is -3.67. The van der Waals surface area contributed by atoms with Crippen LogP contribution < -0.4 is 10.5 Å². The Morgan fingerprint density at radius 2 is 2.05 bits per heavy atom. The summed E-state index contributed by atoms with van der Waals surface area (Å²) < 4.78 is 27.1. The highest BCUT2D eigenvalue weighted by Crippen LogP contribution is 2.26. The number of anilines is 1. The minimum absolute atomic E-state index is 0.0322. The second-order valence-electron chi connectivity index (χ2n) is 5.47. The van der Waals surface area contributed by atoms with Crippen LogP contribution in [0.25, 0.3) is 0 Å². The molecule has 118 valence electrons. The fourth-order valence-corrected chi connectivity index (χ4v) is 4.46. The lowest BCUT2D eigenvalue weighted by molar-refractivity contribution is 0.250. The summed E-state index contributed by atoms with van der Waals surface area (Å²) in [4.78, 5) is 2.18. The molecule has 0 atom stereocenters. The van der Waals surface area contributed by atoms with Gasteiger partial charge in [0.25, 0.3) is 0 Å². The van der Waals surface area contributed by atoms with Crippen LogP contribution in [0.3, 0.4) is 0 Å². The van der Waals surface area contributed by atoms with Gasteiger partial charge in [0.15, 0.2) is 0 Å². The number of sulfonamides is 1. The Labute approximate surface area is 131 Å². The van der Waals surface area contributed by atoms with E-state index in [9.17, 15) is 8.42 Å². The predicted molar refractivity (Wildman–Crippen MR) is 85.9 cm³/mol. The summed E-state index contributed by atoms with van der Waals surface area (Å²) in [5.41, 5.74) is 5.89. The van der Waals surface area contributed by atoms with Crippen molar-refractivity contribution in [2.45, 2.75) is 36.6 Å². The third kappa shape index (κ3) is 4.10. The number of hydrogen-bond acceptors (Lipinski definition) is 4. The third-order valence-corrected chi connectivity index (χ3v) is 5.98. The molecule has 1 fully saturated rings. The van der Waals surface area contributed by atoms with Crippen LogP contribution in [0.4, 0.5) is 5.69 Å². The van der Waals surface area contributed by atoms with Crippen LogP contribution in [0, 0.1) is 0 Å². The van der Waals surface area contributed by atoms with Crippen molar-refractivity contribution in [2.75, 3.05) is 25.9 Å². The largest absolute Gasteiger partial charge is 0.398 e. The van der Waals surface area contributed by atoms with E-state index in [0.29, 0.717) is 19.1 Å². The van der Waals surface area contributed by atoms with Gasteiger partial charge in [0, 0.05) is 19.1 Å². The molecule has 0 saturated heterocycles. The van der Waals surface area contributed by atoms with Gasteiger partial charge in [-0.05, 0) is 32.0 Å². The summed E-state index contributed by atoms with van der Waals surface area (Å²) in [7, 11) is -1.64. The van der Waals surface area contributed by atoms with Gasteiger partial charge in [-0.1, -0.05) is 30.5 Å². The second-order valence-corrected chi connectivity index (χ2v) is 7.59. The summed E-state index contributed by atoms with van der Waals surface area (Å²) >= 11 is 5.95. The molecule has 1 aliphatic rings. The highest BCUT2D eigenvalue weighted by atomic mass is 35.5. The van der Waals surface area contributed by atoms with Crippen molar-refractivity contribution in [3.63, 3.8) is 0 Å². The first-order chi connectivity index (χ1) is 9.92. The maximum absolute atomic E-state index is 12.3. The van der Waals surface area contributed by atoms with Crippen molar-refractivity contribution in [3.8, 4) is 0 Å². The van der Waals surface area contributed by atoms with E-state index in [1.165, 1.54) is 37.8 Å². The minimum Gasteiger partial charge on any atom is -0.398 e. The van der Waals surface area contributed by atoms with Gasteiger partial charge in [0.2, 0.25) is 10.0 Å². The van der Waals surface area contributed by atoms with Crippen molar-refractivity contribution in [2.24, 2.45) is 0 Å². The Morgan fingerprint density at radius 3 is 2.67 bits per heavy atom. The first kappa shape index (κ1) is 16.5. The lowest BCUT2D eigenvalue weighted by Gasteiger charge is -2.24. The molecular weight excluding hydrogens is 310 g/mol. The van der Waals surface area contributed by atoms with E-state index in [4.69, 9.17) is 17.3 Å². The lowest BCUT2D eigenvalue weighted by Crippen LogP contribution is -2.37. The van der Waals surface area contributed by atoms with Gasteiger partial charge in [0.05, 0.1) is 10.7 Å². The van der Waals surface area contributed by atoms with E-state index in [-0.39, 0.29) is 15.6 Å². The van der Waals surface area contributed by atoms with Gasteiger partial charge in [0.1, 0.15) is 4.90 Å². The standard InChI is InChI=1S/C14H22ClN3O2S/c1-18(11-5-2-3-6-11)10-9-17-21(19,20)14-12(15)7-4-8-13(14)16/h4,7-8,11,17H,2-3,5-6,9-10,16H2,1H3. The van der Waals surface area contributed by atoms with E-state index in [0.717, 1.165) is 0 Å². The molecule has 2 rings (SSSR count). The molecule has 0 aromatic heterocycles. The average Bonchev–Trinajstić information content (AvgIpc) is 2.91. The molecule has 21 heavy (non-hydrogen) atoms. The quantitative estimate of drug-likeness (QED) is 0.782. The lowest BCUT2D eigenvalue weighted by atomic mass is 10.2. The Bertz CT molecular complexity index is 566. The number of halogens is 1. The maximum Gasteiger partial charge on any atom is 0.244 e. The fraction of sp³-hybridized carbons (Fsp3) is 0.571. The number of likely N-dealkylation sites (N-methyl/N-ethyl adjacent to an activating group) is 1. The number of rotatable bonds is 6. The van der Waals surface area contributed by atoms with Gasteiger partial charge in [-0.15, -0.1) is 0 Å². The molecule has 3 N–H and O–H groups in total. The van der Waals surface area contributed by atoms with Crippen molar-refractivity contribution >= 4 is 27.3 Å². The molecule has 0 amide bonds. The summed E-state index contributed by atoms with van der Waals surface area (Å²) in [5, 5.41) is 0.145. The Kier molecular flexibility index (Phi) is 5.48. The first-order valence-corrected chi connectivity index (χ1v) is 9.02. The molecule has 1 aromatic carbocycles.